The lowest BCUT2D eigenvalue weighted by Gasteiger charge is -2.14. The molecule has 0 bridgehead atoms. The van der Waals surface area contributed by atoms with Gasteiger partial charge in [-0.05, 0) is 49.7 Å². The van der Waals surface area contributed by atoms with Crippen LogP contribution in [0.2, 0.25) is 0 Å². The number of nitrogens with two attached hydrogens (primary N) is 1. The lowest BCUT2D eigenvalue weighted by atomic mass is 10.1. The summed E-state index contributed by atoms with van der Waals surface area (Å²) in [7, 11) is 0. The van der Waals surface area contributed by atoms with E-state index in [9.17, 15) is 9.90 Å². The predicted molar refractivity (Wildman–Crippen MR) is 100 cm³/mol. The average molecular weight is 358 g/mol. The summed E-state index contributed by atoms with van der Waals surface area (Å²) >= 11 is 0. The molecule has 2 unspecified atom stereocenters. The molecule has 2 rings (SSSR count). The van der Waals surface area contributed by atoms with Gasteiger partial charge in [-0.2, -0.15) is 0 Å². The Hall–Kier alpha value is -2.57. The SMILES string of the molecule is CC(Oc1ccc(CCNCC(O)COc2ccccc2)cc1)C(N)=O. The molecule has 0 aliphatic carbocycles. The Morgan fingerprint density at radius 3 is 2.46 bits per heavy atom. The molecule has 140 valence electrons. The quantitative estimate of drug-likeness (QED) is 0.530. The number of hydrogen-bond acceptors (Lipinski definition) is 5. The van der Waals surface area contributed by atoms with Gasteiger partial charge in [-0.3, -0.25) is 4.79 Å². The third-order valence-corrected chi connectivity index (χ3v) is 3.79. The van der Waals surface area contributed by atoms with E-state index >= 15 is 0 Å². The fourth-order valence-electron chi connectivity index (χ4n) is 2.27. The number of amides is 1. The van der Waals surface area contributed by atoms with Gasteiger partial charge < -0.3 is 25.6 Å². The zero-order valence-electron chi connectivity index (χ0n) is 14.9. The normalized spacial score (nSPS) is 13.0. The topological polar surface area (TPSA) is 93.8 Å². The molecular formula is C20H26N2O4. The summed E-state index contributed by atoms with van der Waals surface area (Å²) in [6, 6.07) is 16.9. The average Bonchev–Trinajstić information content (AvgIpc) is 2.65. The van der Waals surface area contributed by atoms with Crippen LogP contribution in [0.25, 0.3) is 0 Å². The molecule has 2 aromatic rings. The molecule has 1 amide bonds. The van der Waals surface area contributed by atoms with Crippen molar-refractivity contribution >= 4 is 5.91 Å². The van der Waals surface area contributed by atoms with E-state index in [1.807, 2.05) is 54.6 Å². The Labute approximate surface area is 153 Å². The minimum Gasteiger partial charge on any atom is -0.491 e. The van der Waals surface area contributed by atoms with Gasteiger partial charge in [0.05, 0.1) is 0 Å². The van der Waals surface area contributed by atoms with E-state index in [2.05, 4.69) is 5.32 Å². The fraction of sp³-hybridized carbons (Fsp3) is 0.350. The van der Waals surface area contributed by atoms with Crippen LogP contribution in [0, 0.1) is 0 Å². The number of primary amides is 1. The molecule has 2 atom stereocenters. The maximum absolute atomic E-state index is 11.0. The summed E-state index contributed by atoms with van der Waals surface area (Å²) in [6.07, 6.45) is -0.402. The number of rotatable bonds is 11. The third kappa shape index (κ3) is 7.13. The van der Waals surface area contributed by atoms with Gasteiger partial charge in [0.2, 0.25) is 0 Å². The van der Waals surface area contributed by atoms with Crippen molar-refractivity contribution in [3.8, 4) is 11.5 Å². The minimum atomic E-state index is -0.651. The number of hydrogen-bond donors (Lipinski definition) is 3. The predicted octanol–water partition coefficient (Wildman–Crippen LogP) is 1.51. The molecule has 26 heavy (non-hydrogen) atoms. The van der Waals surface area contributed by atoms with E-state index < -0.39 is 18.1 Å². The molecule has 0 radical (unpaired) electrons. The summed E-state index contributed by atoms with van der Waals surface area (Å²) in [6.45, 7) is 3.07. The first-order valence-corrected chi connectivity index (χ1v) is 8.66. The first kappa shape index (κ1) is 19.8. The Morgan fingerprint density at radius 1 is 1.12 bits per heavy atom. The van der Waals surface area contributed by atoms with Crippen molar-refractivity contribution in [3.63, 3.8) is 0 Å². The Balaban J connectivity index is 1.62. The van der Waals surface area contributed by atoms with Crippen molar-refractivity contribution in [2.24, 2.45) is 5.73 Å². The number of aliphatic hydroxyl groups is 1. The monoisotopic (exact) mass is 358 g/mol. The third-order valence-electron chi connectivity index (χ3n) is 3.79. The lowest BCUT2D eigenvalue weighted by molar-refractivity contribution is -0.123. The highest BCUT2D eigenvalue weighted by atomic mass is 16.5. The maximum atomic E-state index is 11.0. The van der Waals surface area contributed by atoms with Gasteiger partial charge in [-0.25, -0.2) is 0 Å². The van der Waals surface area contributed by atoms with Crippen LogP contribution in [0.1, 0.15) is 12.5 Å². The molecule has 0 fully saturated rings. The van der Waals surface area contributed by atoms with Crippen LogP contribution in [0.5, 0.6) is 11.5 Å². The standard InChI is InChI=1S/C20H26N2O4/c1-15(20(21)24)26-19-9-7-16(8-10-19)11-12-22-13-17(23)14-25-18-5-3-2-4-6-18/h2-10,15,17,22-23H,11-14H2,1H3,(H2,21,24). The van der Waals surface area contributed by atoms with Crippen LogP contribution in [0.4, 0.5) is 0 Å². The highest BCUT2D eigenvalue weighted by Gasteiger charge is 2.10. The van der Waals surface area contributed by atoms with Crippen LogP contribution in [-0.4, -0.2) is 42.9 Å². The number of benzene rings is 2. The highest BCUT2D eigenvalue weighted by Crippen LogP contribution is 2.14. The first-order valence-electron chi connectivity index (χ1n) is 8.66. The smallest absolute Gasteiger partial charge is 0.258 e. The van der Waals surface area contributed by atoms with E-state index in [-0.39, 0.29) is 6.61 Å². The summed E-state index contributed by atoms with van der Waals surface area (Å²) in [5.41, 5.74) is 6.30. The Bertz CT molecular complexity index is 661. The second kappa shape index (κ2) is 10.4. The fourth-order valence-corrected chi connectivity index (χ4v) is 2.27. The van der Waals surface area contributed by atoms with Crippen molar-refractivity contribution < 1.29 is 19.4 Å². The van der Waals surface area contributed by atoms with E-state index in [0.29, 0.717) is 12.3 Å². The number of aliphatic hydroxyl groups excluding tert-OH is 1. The van der Waals surface area contributed by atoms with Gasteiger partial charge >= 0.3 is 0 Å². The molecule has 0 saturated heterocycles. The van der Waals surface area contributed by atoms with Gasteiger partial charge in [0, 0.05) is 6.54 Å². The van der Waals surface area contributed by atoms with Crippen LogP contribution in [0.3, 0.4) is 0 Å². The largest absolute Gasteiger partial charge is 0.491 e. The van der Waals surface area contributed by atoms with Gasteiger partial charge in [-0.1, -0.05) is 30.3 Å². The molecule has 0 heterocycles. The summed E-state index contributed by atoms with van der Waals surface area (Å²) in [5.74, 6) is 0.870. The van der Waals surface area contributed by atoms with Crippen LogP contribution >= 0.6 is 0 Å². The molecule has 0 aromatic heterocycles. The van der Waals surface area contributed by atoms with Crippen LogP contribution in [-0.2, 0) is 11.2 Å². The highest BCUT2D eigenvalue weighted by molar-refractivity contribution is 5.78. The first-order chi connectivity index (χ1) is 12.5. The molecule has 0 aliphatic rings. The van der Waals surface area contributed by atoms with Crippen LogP contribution in [0.15, 0.2) is 54.6 Å². The van der Waals surface area contributed by atoms with E-state index in [0.717, 1.165) is 24.3 Å². The zero-order valence-corrected chi connectivity index (χ0v) is 14.9. The van der Waals surface area contributed by atoms with E-state index in [1.165, 1.54) is 0 Å². The van der Waals surface area contributed by atoms with E-state index in [1.54, 1.807) is 6.92 Å². The van der Waals surface area contributed by atoms with Gasteiger partial charge in [0.1, 0.15) is 24.2 Å². The lowest BCUT2D eigenvalue weighted by Crippen LogP contribution is -2.32. The maximum Gasteiger partial charge on any atom is 0.258 e. The van der Waals surface area contributed by atoms with Gasteiger partial charge in [0.25, 0.3) is 5.91 Å². The van der Waals surface area contributed by atoms with Gasteiger partial charge in [0.15, 0.2) is 6.10 Å². The number of para-hydroxylation sites is 1. The van der Waals surface area contributed by atoms with Crippen molar-refractivity contribution in [2.45, 2.75) is 25.6 Å². The molecule has 0 aliphatic heterocycles. The second-order valence-electron chi connectivity index (χ2n) is 6.04. The number of ether oxygens (including phenoxy) is 2. The second-order valence-corrected chi connectivity index (χ2v) is 6.04. The van der Waals surface area contributed by atoms with Crippen LogP contribution < -0.4 is 20.5 Å². The summed E-state index contributed by atoms with van der Waals surface area (Å²) in [5, 5.41) is 13.1. The molecule has 2 aromatic carbocycles. The zero-order chi connectivity index (χ0) is 18.8. The van der Waals surface area contributed by atoms with Gasteiger partial charge in [-0.15, -0.1) is 0 Å². The molecule has 6 nitrogen and oxygen atoms in total. The number of carbonyl (C=O) groups is 1. The summed E-state index contributed by atoms with van der Waals surface area (Å²) in [4.78, 5) is 11.0. The van der Waals surface area contributed by atoms with Crippen molar-refractivity contribution in [1.82, 2.24) is 5.32 Å². The van der Waals surface area contributed by atoms with Crippen molar-refractivity contribution in [3.05, 3.63) is 60.2 Å². The molecule has 4 N–H and O–H groups in total. The molecule has 0 saturated carbocycles. The number of nitrogens with one attached hydrogen (secondary N) is 1. The Morgan fingerprint density at radius 2 is 1.81 bits per heavy atom. The van der Waals surface area contributed by atoms with Crippen molar-refractivity contribution in [2.75, 3.05) is 19.7 Å². The molecule has 0 spiro atoms. The number of carbonyl (C=O) groups excluding carboxylic acids is 1. The summed E-state index contributed by atoms with van der Waals surface area (Å²) < 4.78 is 10.9. The Kier molecular flexibility index (Phi) is 7.92. The van der Waals surface area contributed by atoms with Crippen molar-refractivity contribution in [1.29, 1.82) is 0 Å². The van der Waals surface area contributed by atoms with E-state index in [4.69, 9.17) is 15.2 Å². The minimum absolute atomic E-state index is 0.251. The molecule has 6 heteroatoms. The molecular weight excluding hydrogens is 332 g/mol.